The van der Waals surface area contributed by atoms with Gasteiger partial charge >= 0.3 is 0 Å². The highest BCUT2D eigenvalue weighted by atomic mass is 35.5. The predicted octanol–water partition coefficient (Wildman–Crippen LogP) is 4.18. The van der Waals surface area contributed by atoms with Crippen molar-refractivity contribution in [1.29, 1.82) is 0 Å². The molecule has 2 rings (SSSR count). The number of halogens is 2. The summed E-state index contributed by atoms with van der Waals surface area (Å²) < 4.78 is 15.9. The fraction of sp³-hybridized carbons (Fsp3) is 0.357. The Morgan fingerprint density at radius 3 is 2.44 bits per heavy atom. The zero-order valence-electron chi connectivity index (χ0n) is 11.0. The maximum atomic E-state index is 14.0. The highest BCUT2D eigenvalue weighted by Gasteiger charge is 2.22. The number of imidazole rings is 1. The van der Waals surface area contributed by atoms with Crippen LogP contribution in [0.4, 0.5) is 4.39 Å². The lowest BCUT2D eigenvalue weighted by molar-refractivity contribution is 0.523. The molecule has 18 heavy (non-hydrogen) atoms. The number of hydrogen-bond acceptors (Lipinski definition) is 1. The van der Waals surface area contributed by atoms with Crippen LogP contribution in [0, 0.1) is 5.82 Å². The topological polar surface area (TPSA) is 17.8 Å². The van der Waals surface area contributed by atoms with Crippen molar-refractivity contribution in [2.45, 2.75) is 26.2 Å². The van der Waals surface area contributed by atoms with Crippen molar-refractivity contribution in [2.75, 3.05) is 0 Å². The summed E-state index contributed by atoms with van der Waals surface area (Å²) in [4.78, 5) is 4.26. The van der Waals surface area contributed by atoms with Crippen LogP contribution in [0.3, 0.4) is 0 Å². The first-order valence-corrected chi connectivity index (χ1v) is 6.14. The Hall–Kier alpha value is -1.35. The Bertz CT molecular complexity index is 582. The summed E-state index contributed by atoms with van der Waals surface area (Å²) in [6, 6.07) is 3.44. The number of hydrogen-bond donors (Lipinski definition) is 0. The second-order valence-corrected chi connectivity index (χ2v) is 5.90. The van der Waals surface area contributed by atoms with Crippen molar-refractivity contribution in [3.63, 3.8) is 0 Å². The second-order valence-electron chi connectivity index (χ2n) is 5.49. The molecule has 0 N–H and O–H groups in total. The van der Waals surface area contributed by atoms with Crippen LogP contribution in [0.2, 0.25) is 5.02 Å². The largest absolute Gasteiger partial charge is 0.340 e. The minimum atomic E-state index is -0.344. The molecule has 0 saturated carbocycles. The van der Waals surface area contributed by atoms with E-state index in [0.717, 1.165) is 11.3 Å². The molecule has 0 fully saturated rings. The second kappa shape index (κ2) is 4.39. The number of aryl methyl sites for hydroxylation is 1. The van der Waals surface area contributed by atoms with Gasteiger partial charge < -0.3 is 4.57 Å². The van der Waals surface area contributed by atoms with Gasteiger partial charge in [-0.1, -0.05) is 32.4 Å². The van der Waals surface area contributed by atoms with Crippen molar-refractivity contribution in [3.8, 4) is 11.3 Å². The molecule has 1 aromatic heterocycles. The monoisotopic (exact) mass is 266 g/mol. The van der Waals surface area contributed by atoms with Gasteiger partial charge in [0.15, 0.2) is 0 Å². The van der Waals surface area contributed by atoms with Crippen LogP contribution in [0.1, 0.15) is 26.3 Å². The Balaban J connectivity index is 2.61. The van der Waals surface area contributed by atoms with Crippen LogP contribution >= 0.6 is 11.6 Å². The van der Waals surface area contributed by atoms with E-state index in [4.69, 9.17) is 11.6 Å². The Morgan fingerprint density at radius 2 is 1.94 bits per heavy atom. The maximum absolute atomic E-state index is 14.0. The zero-order valence-corrected chi connectivity index (χ0v) is 11.7. The average molecular weight is 267 g/mol. The lowest BCUT2D eigenvalue weighted by Crippen LogP contribution is -2.14. The van der Waals surface area contributed by atoms with E-state index in [9.17, 15) is 4.39 Å². The van der Waals surface area contributed by atoms with E-state index in [1.807, 2.05) is 44.6 Å². The van der Waals surface area contributed by atoms with Gasteiger partial charge in [0.05, 0.1) is 17.0 Å². The minimum absolute atomic E-state index is 0.142. The molecule has 0 spiro atoms. The summed E-state index contributed by atoms with van der Waals surface area (Å²) in [6.07, 6.45) is 3.60. The van der Waals surface area contributed by atoms with E-state index in [2.05, 4.69) is 4.98 Å². The summed E-state index contributed by atoms with van der Waals surface area (Å²) in [5, 5.41) is 0.142. The molecular weight excluding hydrogens is 251 g/mol. The first-order valence-electron chi connectivity index (χ1n) is 5.77. The highest BCUT2D eigenvalue weighted by molar-refractivity contribution is 6.31. The van der Waals surface area contributed by atoms with Gasteiger partial charge in [-0.3, -0.25) is 0 Å². The van der Waals surface area contributed by atoms with Crippen LogP contribution in [0.25, 0.3) is 11.3 Å². The normalized spacial score (nSPS) is 11.9. The molecule has 0 aliphatic carbocycles. The van der Waals surface area contributed by atoms with Gasteiger partial charge in [-0.25, -0.2) is 9.37 Å². The molecule has 0 saturated heterocycles. The quantitative estimate of drug-likeness (QED) is 0.757. The van der Waals surface area contributed by atoms with Gasteiger partial charge in [0, 0.05) is 18.8 Å². The van der Waals surface area contributed by atoms with E-state index in [1.165, 1.54) is 0 Å². The molecule has 0 aliphatic rings. The highest BCUT2D eigenvalue weighted by Crippen LogP contribution is 2.33. The fourth-order valence-electron chi connectivity index (χ4n) is 1.84. The van der Waals surface area contributed by atoms with E-state index in [0.29, 0.717) is 5.56 Å². The molecule has 2 nitrogen and oxygen atoms in total. The minimum Gasteiger partial charge on any atom is -0.340 e. The van der Waals surface area contributed by atoms with Crippen LogP contribution in [-0.2, 0) is 12.5 Å². The van der Waals surface area contributed by atoms with Crippen molar-refractivity contribution >= 4 is 11.6 Å². The van der Waals surface area contributed by atoms with Crippen LogP contribution in [0.5, 0.6) is 0 Å². The molecule has 0 radical (unpaired) electrons. The SMILES string of the molecule is Cn1cnc(-c2cc(Cl)c(F)c(C(C)(C)C)c2)c1. The molecule has 0 bridgehead atoms. The van der Waals surface area contributed by atoms with Crippen LogP contribution < -0.4 is 0 Å². The van der Waals surface area contributed by atoms with Crippen molar-refractivity contribution in [1.82, 2.24) is 9.55 Å². The van der Waals surface area contributed by atoms with Gasteiger partial charge in [-0.15, -0.1) is 0 Å². The summed E-state index contributed by atoms with van der Waals surface area (Å²) in [5.74, 6) is -0.344. The first-order chi connectivity index (χ1) is 8.29. The smallest absolute Gasteiger partial charge is 0.145 e. The zero-order chi connectivity index (χ0) is 13.5. The lowest BCUT2D eigenvalue weighted by Gasteiger charge is -2.21. The van der Waals surface area contributed by atoms with E-state index in [1.54, 1.807) is 12.4 Å². The molecular formula is C14H16ClFN2. The molecule has 1 aromatic carbocycles. The van der Waals surface area contributed by atoms with Gasteiger partial charge in [0.25, 0.3) is 0 Å². The van der Waals surface area contributed by atoms with Gasteiger partial charge in [-0.2, -0.15) is 0 Å². The van der Waals surface area contributed by atoms with Crippen molar-refractivity contribution in [2.24, 2.45) is 7.05 Å². The third-order valence-corrected chi connectivity index (χ3v) is 3.11. The molecule has 4 heteroatoms. The summed E-state index contributed by atoms with van der Waals surface area (Å²) in [7, 11) is 1.90. The molecule has 2 aromatic rings. The molecule has 0 amide bonds. The standard InChI is InChI=1S/C14H16ClFN2/c1-14(2,3)10-5-9(6-11(15)13(10)16)12-7-18(4)8-17-12/h5-8H,1-4H3. The Morgan fingerprint density at radius 1 is 1.28 bits per heavy atom. The van der Waals surface area contributed by atoms with Crippen LogP contribution in [0.15, 0.2) is 24.7 Å². The van der Waals surface area contributed by atoms with Gasteiger partial charge in [0.2, 0.25) is 0 Å². The molecule has 1 heterocycles. The molecule has 96 valence electrons. The van der Waals surface area contributed by atoms with Crippen molar-refractivity contribution in [3.05, 3.63) is 41.1 Å². The molecule has 0 aliphatic heterocycles. The third-order valence-electron chi connectivity index (χ3n) is 2.84. The number of aromatic nitrogens is 2. The predicted molar refractivity (Wildman–Crippen MR) is 72.3 cm³/mol. The maximum Gasteiger partial charge on any atom is 0.145 e. The van der Waals surface area contributed by atoms with Gasteiger partial charge in [0.1, 0.15) is 5.82 Å². The number of nitrogens with zero attached hydrogens (tertiary/aromatic N) is 2. The summed E-state index contributed by atoms with van der Waals surface area (Å²) in [5.41, 5.74) is 1.95. The first kappa shape index (κ1) is 13.1. The molecule has 0 atom stereocenters. The van der Waals surface area contributed by atoms with Crippen LogP contribution in [-0.4, -0.2) is 9.55 Å². The van der Waals surface area contributed by atoms with Crippen molar-refractivity contribution < 1.29 is 4.39 Å². The fourth-order valence-corrected chi connectivity index (χ4v) is 2.06. The summed E-state index contributed by atoms with van der Waals surface area (Å²) >= 11 is 5.97. The van der Waals surface area contributed by atoms with Gasteiger partial charge in [-0.05, 0) is 23.1 Å². The van der Waals surface area contributed by atoms with E-state index in [-0.39, 0.29) is 16.3 Å². The van der Waals surface area contributed by atoms with E-state index < -0.39 is 0 Å². The average Bonchev–Trinajstić information content (AvgIpc) is 2.67. The number of rotatable bonds is 1. The lowest BCUT2D eigenvalue weighted by atomic mass is 9.85. The summed E-state index contributed by atoms with van der Waals surface area (Å²) in [6.45, 7) is 5.89. The molecule has 0 unspecified atom stereocenters. The third kappa shape index (κ3) is 2.41. The Labute approximate surface area is 111 Å². The number of benzene rings is 1. The Kier molecular flexibility index (Phi) is 3.20. The van der Waals surface area contributed by atoms with E-state index >= 15 is 0 Å².